The van der Waals surface area contributed by atoms with Gasteiger partial charge in [0.25, 0.3) is 0 Å². The molecule has 0 amide bonds. The molecule has 1 aromatic carbocycles. The van der Waals surface area contributed by atoms with Crippen LogP contribution in [0.3, 0.4) is 0 Å². The fourth-order valence-corrected chi connectivity index (χ4v) is 6.20. The van der Waals surface area contributed by atoms with Gasteiger partial charge in [-0.2, -0.15) is 10.4 Å². The van der Waals surface area contributed by atoms with E-state index in [9.17, 15) is 5.26 Å². The molecule has 0 aliphatic carbocycles. The molecule has 3 aromatic rings. The van der Waals surface area contributed by atoms with Crippen molar-refractivity contribution in [1.29, 1.82) is 5.26 Å². The van der Waals surface area contributed by atoms with Crippen LogP contribution in [0.25, 0.3) is 11.3 Å². The van der Waals surface area contributed by atoms with E-state index in [2.05, 4.69) is 80.6 Å². The quantitative estimate of drug-likeness (QED) is 0.283. The van der Waals surface area contributed by atoms with E-state index in [0.29, 0.717) is 18.1 Å². The van der Waals surface area contributed by atoms with Crippen molar-refractivity contribution < 1.29 is 9.16 Å². The molecule has 2 aliphatic heterocycles. The lowest BCUT2D eigenvalue weighted by Crippen LogP contribution is -2.45. The number of benzene rings is 1. The van der Waals surface area contributed by atoms with E-state index in [0.717, 1.165) is 66.7 Å². The number of aromatic nitrogens is 4. The normalized spacial score (nSPS) is 19.7. The lowest BCUT2D eigenvalue weighted by atomic mass is 9.83. The number of rotatable bonds is 9. The van der Waals surface area contributed by atoms with Crippen LogP contribution in [0.2, 0.25) is 18.1 Å². The van der Waals surface area contributed by atoms with Crippen molar-refractivity contribution in [2.75, 3.05) is 37.0 Å². The summed E-state index contributed by atoms with van der Waals surface area (Å²) >= 11 is 0. The number of hydrogen-bond acceptors (Lipinski definition) is 8. The SMILES string of the molecule is Cc1cc(Nc2nccc(-c3cc(C#N)c4c(c3)[C@@](C)(CO[Si](C)(C)C(C)(C)C)CN4)n2)n(CCC2(C)COC2)n1. The van der Waals surface area contributed by atoms with E-state index < -0.39 is 8.32 Å². The van der Waals surface area contributed by atoms with E-state index in [4.69, 9.17) is 14.1 Å². The van der Waals surface area contributed by atoms with E-state index in [1.54, 1.807) is 6.20 Å². The lowest BCUT2D eigenvalue weighted by molar-refractivity contribution is -0.107. The third-order valence-corrected chi connectivity index (χ3v) is 13.5. The average Bonchev–Trinajstić information content (AvgIpc) is 3.43. The maximum Gasteiger partial charge on any atom is 0.228 e. The zero-order valence-corrected chi connectivity index (χ0v) is 26.7. The minimum atomic E-state index is -1.94. The summed E-state index contributed by atoms with van der Waals surface area (Å²) in [5.74, 6) is 1.35. The predicted molar refractivity (Wildman–Crippen MR) is 165 cm³/mol. The molecule has 0 unspecified atom stereocenters. The molecule has 0 bridgehead atoms. The first-order valence-electron chi connectivity index (χ1n) is 14.4. The second kappa shape index (κ2) is 10.5. The first kappa shape index (κ1) is 29.2. The van der Waals surface area contributed by atoms with Crippen LogP contribution in [0.15, 0.2) is 30.5 Å². The molecule has 9 nitrogen and oxygen atoms in total. The Morgan fingerprint density at radius 1 is 1.22 bits per heavy atom. The Morgan fingerprint density at radius 3 is 2.63 bits per heavy atom. The highest BCUT2D eigenvalue weighted by Gasteiger charge is 2.42. The number of nitrogens with zero attached hydrogens (tertiary/aromatic N) is 5. The Bertz CT molecular complexity index is 1480. The van der Waals surface area contributed by atoms with Crippen LogP contribution in [0.4, 0.5) is 17.5 Å². The summed E-state index contributed by atoms with van der Waals surface area (Å²) in [6, 6.07) is 10.4. The van der Waals surface area contributed by atoms with Gasteiger partial charge in [-0.3, -0.25) is 0 Å². The molecule has 2 aromatic heterocycles. The summed E-state index contributed by atoms with van der Waals surface area (Å²) < 4.78 is 14.1. The van der Waals surface area contributed by atoms with Crippen LogP contribution >= 0.6 is 0 Å². The van der Waals surface area contributed by atoms with Gasteiger partial charge in [0, 0.05) is 48.4 Å². The maximum atomic E-state index is 10.0. The highest BCUT2D eigenvalue weighted by Crippen LogP contribution is 2.44. The molecule has 0 spiro atoms. The van der Waals surface area contributed by atoms with Crippen LogP contribution in [0.1, 0.15) is 57.9 Å². The highest BCUT2D eigenvalue weighted by atomic mass is 28.4. The van der Waals surface area contributed by atoms with Gasteiger partial charge in [-0.1, -0.05) is 34.6 Å². The Labute approximate surface area is 244 Å². The molecule has 10 heteroatoms. The van der Waals surface area contributed by atoms with Crippen LogP contribution in [0, 0.1) is 23.7 Å². The third kappa shape index (κ3) is 5.89. The number of hydrogen-bond donors (Lipinski definition) is 2. The number of aryl methyl sites for hydroxylation is 2. The van der Waals surface area contributed by atoms with Gasteiger partial charge in [-0.15, -0.1) is 0 Å². The minimum Gasteiger partial charge on any atom is -0.416 e. The molecular formula is C31H43N7O2Si. The predicted octanol–water partition coefficient (Wildman–Crippen LogP) is 6.40. The molecule has 2 N–H and O–H groups in total. The van der Waals surface area contributed by atoms with E-state index in [1.165, 1.54) is 0 Å². The Balaban J connectivity index is 1.40. The molecule has 0 saturated carbocycles. The van der Waals surface area contributed by atoms with Crippen molar-refractivity contribution in [2.45, 2.75) is 78.1 Å². The summed E-state index contributed by atoms with van der Waals surface area (Å²) in [5.41, 5.74) is 5.13. The van der Waals surface area contributed by atoms with Crippen molar-refractivity contribution in [2.24, 2.45) is 5.41 Å². The molecule has 0 radical (unpaired) electrons. The van der Waals surface area contributed by atoms with Gasteiger partial charge < -0.3 is 19.8 Å². The Hall–Kier alpha value is -3.26. The summed E-state index contributed by atoms with van der Waals surface area (Å²) in [5, 5.41) is 21.7. The molecule has 2 aliphatic rings. The molecule has 5 rings (SSSR count). The zero-order chi connectivity index (χ0) is 29.6. The first-order valence-corrected chi connectivity index (χ1v) is 17.3. The number of nitriles is 1. The third-order valence-electron chi connectivity index (χ3n) is 9.04. The molecule has 1 atom stereocenters. The molecule has 1 saturated heterocycles. The van der Waals surface area contributed by atoms with E-state index in [-0.39, 0.29) is 15.9 Å². The summed E-state index contributed by atoms with van der Waals surface area (Å²) in [4.78, 5) is 9.35. The van der Waals surface area contributed by atoms with Crippen molar-refractivity contribution in [3.05, 3.63) is 47.3 Å². The van der Waals surface area contributed by atoms with Gasteiger partial charge in [-0.25, -0.2) is 14.6 Å². The second-order valence-electron chi connectivity index (χ2n) is 13.9. The number of nitrogens with one attached hydrogen (secondary N) is 2. The van der Waals surface area contributed by atoms with Gasteiger partial charge in [0.15, 0.2) is 8.32 Å². The molecule has 41 heavy (non-hydrogen) atoms. The highest BCUT2D eigenvalue weighted by molar-refractivity contribution is 6.74. The average molecular weight is 574 g/mol. The lowest BCUT2D eigenvalue weighted by Gasteiger charge is -2.39. The fraction of sp³-hybridized carbons (Fsp3) is 0.548. The van der Waals surface area contributed by atoms with Crippen LogP contribution in [-0.2, 0) is 21.1 Å². The monoisotopic (exact) mass is 573 g/mol. The number of anilines is 3. The summed E-state index contributed by atoms with van der Waals surface area (Å²) in [7, 11) is -1.94. The fourth-order valence-electron chi connectivity index (χ4n) is 5.09. The molecule has 218 valence electrons. The summed E-state index contributed by atoms with van der Waals surface area (Å²) in [6.07, 6.45) is 2.74. The van der Waals surface area contributed by atoms with Gasteiger partial charge in [0.05, 0.1) is 35.9 Å². The van der Waals surface area contributed by atoms with Gasteiger partial charge in [0.2, 0.25) is 5.95 Å². The van der Waals surface area contributed by atoms with Crippen LogP contribution in [-0.4, -0.2) is 54.4 Å². The van der Waals surface area contributed by atoms with Gasteiger partial charge in [0.1, 0.15) is 11.9 Å². The minimum absolute atomic E-state index is 0.125. The zero-order valence-electron chi connectivity index (χ0n) is 25.7. The number of fused-ring (bicyclic) bond motifs is 1. The van der Waals surface area contributed by atoms with Crippen molar-refractivity contribution in [3.8, 4) is 17.3 Å². The Kier molecular flexibility index (Phi) is 7.51. The number of ether oxygens (including phenoxy) is 1. The van der Waals surface area contributed by atoms with Crippen molar-refractivity contribution in [3.63, 3.8) is 0 Å². The van der Waals surface area contributed by atoms with E-state index in [1.807, 2.05) is 29.8 Å². The molecular weight excluding hydrogens is 530 g/mol. The second-order valence-corrected chi connectivity index (χ2v) is 18.7. The Morgan fingerprint density at radius 2 is 1.98 bits per heavy atom. The smallest absolute Gasteiger partial charge is 0.228 e. The van der Waals surface area contributed by atoms with E-state index >= 15 is 0 Å². The largest absolute Gasteiger partial charge is 0.416 e. The van der Waals surface area contributed by atoms with Crippen molar-refractivity contribution in [1.82, 2.24) is 19.7 Å². The van der Waals surface area contributed by atoms with Crippen LogP contribution in [0.5, 0.6) is 0 Å². The molecule has 4 heterocycles. The summed E-state index contributed by atoms with van der Waals surface area (Å²) in [6.45, 7) is 21.5. The van der Waals surface area contributed by atoms with Gasteiger partial charge in [-0.05, 0) is 55.2 Å². The maximum absolute atomic E-state index is 10.0. The first-order chi connectivity index (χ1) is 19.2. The van der Waals surface area contributed by atoms with Crippen molar-refractivity contribution >= 4 is 25.8 Å². The molecule has 1 fully saturated rings. The van der Waals surface area contributed by atoms with Crippen LogP contribution < -0.4 is 10.6 Å². The topological polar surface area (TPSA) is 110 Å². The van der Waals surface area contributed by atoms with Gasteiger partial charge >= 0.3 is 0 Å². The standard InChI is InChI=1S/C31H43N7O2Si/c1-21-13-26(38(37-21)12-10-30(5)18-39-19-30)36-28-33-11-9-25(35-28)22-14-23(16-32)27-24(15-22)31(6,17-34-27)20-40-41(7,8)29(2,3)4/h9,11,13-15,34H,10,12,17-20H2,1-8H3,(H,33,35,36)/t31-/m1/s1.